The van der Waals surface area contributed by atoms with Gasteiger partial charge in [-0.3, -0.25) is 9.36 Å². The van der Waals surface area contributed by atoms with Crippen molar-refractivity contribution in [1.29, 1.82) is 0 Å². The van der Waals surface area contributed by atoms with Gasteiger partial charge in [-0.25, -0.2) is 0 Å². The maximum Gasteiger partial charge on any atom is 0.288 e. The second-order valence-electron chi connectivity index (χ2n) is 5.81. The third-order valence-electron chi connectivity index (χ3n) is 3.76. The van der Waals surface area contributed by atoms with E-state index in [-0.39, 0.29) is 11.7 Å². The Hall–Kier alpha value is -2.65. The van der Waals surface area contributed by atoms with Crippen molar-refractivity contribution in [2.75, 3.05) is 11.1 Å². The fraction of sp³-hybridized carbons (Fsp3) is 0.150. The number of amides is 1. The molecular weight excluding hydrogens is 414 g/mol. The van der Waals surface area contributed by atoms with Crippen molar-refractivity contribution in [2.24, 2.45) is 0 Å². The molecule has 0 saturated heterocycles. The molecule has 1 aromatic heterocycles. The average molecular weight is 433 g/mol. The number of anilines is 1. The van der Waals surface area contributed by atoms with Crippen molar-refractivity contribution in [3.8, 4) is 11.4 Å². The zero-order chi connectivity index (χ0) is 20.6. The number of carbonyl (C=O) groups excluding carboxylic acids is 1. The molecule has 0 atom stereocenters. The highest BCUT2D eigenvalue weighted by molar-refractivity contribution is 8.00. The predicted octanol–water partition coefficient (Wildman–Crippen LogP) is 5.18. The molecule has 0 spiro atoms. The maximum atomic E-state index is 12.4. The van der Waals surface area contributed by atoms with E-state index in [4.69, 9.17) is 0 Å². The van der Waals surface area contributed by atoms with Crippen LogP contribution < -0.4 is 5.32 Å². The Balaban J connectivity index is 1.63. The summed E-state index contributed by atoms with van der Waals surface area (Å²) in [6.45, 7) is 4.29. The van der Waals surface area contributed by atoms with Crippen molar-refractivity contribution < 1.29 is 13.6 Å². The Morgan fingerprint density at radius 1 is 1.14 bits per heavy atom. The standard InChI is InChI=1S/C20H18F2N4OS2/c1-2-12-26-18(14-6-4-3-5-7-14)24-25-20(26)28-13-17(27)23-15-8-10-16(11-9-15)29-19(21)22/h2-11,19H,1,12-13H2,(H,23,27). The summed E-state index contributed by atoms with van der Waals surface area (Å²) < 4.78 is 26.6. The molecule has 150 valence electrons. The lowest BCUT2D eigenvalue weighted by Crippen LogP contribution is -2.14. The quantitative estimate of drug-likeness (QED) is 0.373. The smallest absolute Gasteiger partial charge is 0.288 e. The molecule has 1 N–H and O–H groups in total. The zero-order valence-corrected chi connectivity index (χ0v) is 16.9. The molecule has 5 nitrogen and oxygen atoms in total. The first kappa shape index (κ1) is 21.1. The molecule has 9 heteroatoms. The van der Waals surface area contributed by atoms with Gasteiger partial charge in [0, 0.05) is 22.7 Å². The van der Waals surface area contributed by atoms with E-state index in [9.17, 15) is 13.6 Å². The highest BCUT2D eigenvalue weighted by Gasteiger charge is 2.15. The number of benzene rings is 2. The Labute approximate surface area is 175 Å². The van der Waals surface area contributed by atoms with E-state index in [1.54, 1.807) is 30.3 Å². The van der Waals surface area contributed by atoms with Gasteiger partial charge in [0.15, 0.2) is 11.0 Å². The van der Waals surface area contributed by atoms with Crippen molar-refractivity contribution >= 4 is 35.1 Å². The lowest BCUT2D eigenvalue weighted by Gasteiger charge is -2.08. The molecule has 0 unspecified atom stereocenters. The molecule has 2 aromatic carbocycles. The fourth-order valence-electron chi connectivity index (χ4n) is 2.54. The van der Waals surface area contributed by atoms with E-state index in [2.05, 4.69) is 22.1 Å². The number of allylic oxidation sites excluding steroid dienone is 1. The van der Waals surface area contributed by atoms with Crippen molar-refractivity contribution in [1.82, 2.24) is 14.8 Å². The summed E-state index contributed by atoms with van der Waals surface area (Å²) in [6, 6.07) is 16.0. The lowest BCUT2D eigenvalue weighted by atomic mass is 10.2. The molecular formula is C20H18F2N4OS2. The summed E-state index contributed by atoms with van der Waals surface area (Å²) in [4.78, 5) is 12.7. The minimum atomic E-state index is -2.47. The Kier molecular flexibility index (Phi) is 7.42. The number of thioether (sulfide) groups is 2. The average Bonchev–Trinajstić information content (AvgIpc) is 3.11. The summed E-state index contributed by atoms with van der Waals surface area (Å²) in [6.07, 6.45) is 1.75. The first-order valence-corrected chi connectivity index (χ1v) is 10.5. The van der Waals surface area contributed by atoms with E-state index in [1.165, 1.54) is 11.8 Å². The largest absolute Gasteiger partial charge is 0.325 e. The molecule has 0 radical (unpaired) electrons. The third-order valence-corrected chi connectivity index (χ3v) is 5.45. The van der Waals surface area contributed by atoms with E-state index in [1.807, 2.05) is 34.9 Å². The first-order chi connectivity index (χ1) is 14.1. The van der Waals surface area contributed by atoms with Gasteiger partial charge in [-0.1, -0.05) is 59.9 Å². The molecule has 29 heavy (non-hydrogen) atoms. The molecule has 0 saturated carbocycles. The van der Waals surface area contributed by atoms with Crippen LogP contribution in [0.2, 0.25) is 0 Å². The summed E-state index contributed by atoms with van der Waals surface area (Å²) in [7, 11) is 0. The molecule has 3 rings (SSSR count). The normalized spacial score (nSPS) is 10.9. The SMILES string of the molecule is C=CCn1c(SCC(=O)Nc2ccc(SC(F)F)cc2)nnc1-c1ccccc1. The van der Waals surface area contributed by atoms with Crippen LogP contribution in [0.25, 0.3) is 11.4 Å². The van der Waals surface area contributed by atoms with Crippen LogP contribution in [0.5, 0.6) is 0 Å². The highest BCUT2D eigenvalue weighted by Crippen LogP contribution is 2.27. The van der Waals surface area contributed by atoms with E-state index < -0.39 is 5.76 Å². The van der Waals surface area contributed by atoms with Crippen molar-refractivity contribution in [3.63, 3.8) is 0 Å². The number of rotatable bonds is 9. The lowest BCUT2D eigenvalue weighted by molar-refractivity contribution is -0.113. The summed E-state index contributed by atoms with van der Waals surface area (Å²) >= 11 is 1.73. The summed E-state index contributed by atoms with van der Waals surface area (Å²) in [5.41, 5.74) is 1.48. The number of hydrogen-bond donors (Lipinski definition) is 1. The summed E-state index contributed by atoms with van der Waals surface area (Å²) in [5, 5.41) is 11.8. The van der Waals surface area contributed by atoms with Gasteiger partial charge < -0.3 is 5.32 Å². The van der Waals surface area contributed by atoms with Crippen molar-refractivity contribution in [3.05, 3.63) is 67.3 Å². The molecule has 0 fully saturated rings. The maximum absolute atomic E-state index is 12.4. The Morgan fingerprint density at radius 2 is 1.86 bits per heavy atom. The van der Waals surface area contributed by atoms with E-state index in [0.717, 1.165) is 5.56 Å². The number of alkyl halides is 2. The summed E-state index contributed by atoms with van der Waals surface area (Å²) in [5.74, 6) is -1.85. The van der Waals surface area contributed by atoms with Crippen molar-refractivity contribution in [2.45, 2.75) is 22.4 Å². The van der Waals surface area contributed by atoms with Crippen LogP contribution in [-0.4, -0.2) is 32.2 Å². The molecule has 0 aliphatic rings. The molecule has 0 aliphatic heterocycles. The van der Waals surface area contributed by atoms with Crippen LogP contribution in [0.15, 0.2) is 77.3 Å². The van der Waals surface area contributed by atoms with Crippen LogP contribution in [0.3, 0.4) is 0 Å². The number of hydrogen-bond acceptors (Lipinski definition) is 5. The second kappa shape index (κ2) is 10.2. The number of aromatic nitrogens is 3. The first-order valence-electron chi connectivity index (χ1n) is 8.64. The third kappa shape index (κ3) is 5.91. The van der Waals surface area contributed by atoms with E-state index >= 15 is 0 Å². The topological polar surface area (TPSA) is 59.8 Å². The van der Waals surface area contributed by atoms with Gasteiger partial charge in [-0.15, -0.1) is 16.8 Å². The van der Waals surface area contributed by atoms with Gasteiger partial charge in [-0.05, 0) is 24.3 Å². The van der Waals surface area contributed by atoms with Gasteiger partial charge in [-0.2, -0.15) is 8.78 Å². The number of nitrogens with zero attached hydrogens (tertiary/aromatic N) is 3. The zero-order valence-electron chi connectivity index (χ0n) is 15.3. The van der Waals surface area contributed by atoms with Gasteiger partial charge in [0.05, 0.1) is 5.75 Å². The van der Waals surface area contributed by atoms with Crippen LogP contribution in [-0.2, 0) is 11.3 Å². The van der Waals surface area contributed by atoms with Gasteiger partial charge in [0.25, 0.3) is 5.76 Å². The monoisotopic (exact) mass is 432 g/mol. The minimum Gasteiger partial charge on any atom is -0.325 e. The van der Waals surface area contributed by atoms with Crippen LogP contribution in [0.4, 0.5) is 14.5 Å². The number of nitrogens with one attached hydrogen (secondary N) is 1. The predicted molar refractivity (Wildman–Crippen MR) is 113 cm³/mol. The van der Waals surface area contributed by atoms with Crippen LogP contribution in [0.1, 0.15) is 0 Å². The van der Waals surface area contributed by atoms with Gasteiger partial charge >= 0.3 is 0 Å². The fourth-order valence-corrected chi connectivity index (χ4v) is 3.78. The highest BCUT2D eigenvalue weighted by atomic mass is 32.2. The number of carbonyl (C=O) groups is 1. The Morgan fingerprint density at radius 3 is 2.52 bits per heavy atom. The number of halogens is 2. The molecule has 0 bridgehead atoms. The van der Waals surface area contributed by atoms with Gasteiger partial charge in [0.1, 0.15) is 0 Å². The minimum absolute atomic E-state index is 0.137. The molecule has 1 amide bonds. The van der Waals surface area contributed by atoms with Crippen LogP contribution >= 0.6 is 23.5 Å². The molecule has 0 aliphatic carbocycles. The molecule has 3 aromatic rings. The Bertz CT molecular complexity index is 962. The molecule has 1 heterocycles. The van der Waals surface area contributed by atoms with Crippen LogP contribution in [0, 0.1) is 0 Å². The van der Waals surface area contributed by atoms with Gasteiger partial charge in [0.2, 0.25) is 5.91 Å². The second-order valence-corrected chi connectivity index (χ2v) is 7.82. The van der Waals surface area contributed by atoms with E-state index in [0.29, 0.717) is 39.9 Å².